The maximum Gasteiger partial charge on any atom is 0.145 e. The third-order valence-electron chi connectivity index (χ3n) is 9.34. The number of benzene rings is 7. The third kappa shape index (κ3) is 3.85. The summed E-state index contributed by atoms with van der Waals surface area (Å²) in [6.45, 7) is 0. The Bertz CT molecular complexity index is 2780. The van der Waals surface area contributed by atoms with E-state index in [4.69, 9.17) is 9.40 Å². The van der Waals surface area contributed by atoms with Crippen LogP contribution >= 0.6 is 0 Å². The van der Waals surface area contributed by atoms with E-state index in [0.29, 0.717) is 0 Å². The van der Waals surface area contributed by atoms with Crippen LogP contribution in [0.4, 0.5) is 0 Å². The lowest BCUT2D eigenvalue weighted by molar-refractivity contribution is 0.670. The highest BCUT2D eigenvalue weighted by atomic mass is 16.3. The first-order valence-corrected chi connectivity index (χ1v) is 15.9. The highest BCUT2D eigenvalue weighted by Crippen LogP contribution is 2.43. The highest BCUT2D eigenvalue weighted by molar-refractivity contribution is 6.16. The smallest absolute Gasteiger partial charge is 0.145 e. The first-order valence-electron chi connectivity index (χ1n) is 15.9. The zero-order valence-corrected chi connectivity index (χ0v) is 25.3. The fraction of sp³-hybridized carbons (Fsp3) is 0. The fourth-order valence-electron chi connectivity index (χ4n) is 7.27. The Balaban J connectivity index is 1.26. The highest BCUT2D eigenvalue weighted by Gasteiger charge is 2.22. The fourth-order valence-corrected chi connectivity index (χ4v) is 7.27. The largest absolute Gasteiger partial charge is 0.455 e. The van der Waals surface area contributed by atoms with E-state index >= 15 is 0 Å². The van der Waals surface area contributed by atoms with Gasteiger partial charge in [0.05, 0.1) is 33.1 Å². The molecule has 0 saturated heterocycles. The second-order valence-electron chi connectivity index (χ2n) is 12.0. The number of para-hydroxylation sites is 5. The van der Waals surface area contributed by atoms with Gasteiger partial charge in [-0.05, 0) is 66.2 Å². The van der Waals surface area contributed by atoms with Crippen molar-refractivity contribution in [2.75, 3.05) is 0 Å². The summed E-state index contributed by atoms with van der Waals surface area (Å²) in [6.07, 6.45) is 0. The molecule has 0 spiro atoms. The Labute approximate surface area is 270 Å². The van der Waals surface area contributed by atoms with Crippen molar-refractivity contribution in [3.05, 3.63) is 164 Å². The van der Waals surface area contributed by atoms with E-state index in [1.165, 1.54) is 21.8 Å². The van der Waals surface area contributed by atoms with Gasteiger partial charge < -0.3 is 8.98 Å². The second kappa shape index (κ2) is 10.1. The van der Waals surface area contributed by atoms with Gasteiger partial charge in [0, 0.05) is 33.0 Å². The zero-order chi connectivity index (χ0) is 30.9. The van der Waals surface area contributed by atoms with Crippen molar-refractivity contribution in [2.24, 2.45) is 0 Å². The Morgan fingerprint density at radius 2 is 1.15 bits per heavy atom. The molecule has 0 radical (unpaired) electrons. The molecule has 3 heterocycles. The van der Waals surface area contributed by atoms with Crippen LogP contribution in [0.2, 0.25) is 0 Å². The van der Waals surface area contributed by atoms with Crippen LogP contribution in [0.3, 0.4) is 0 Å². The standard InChI is InChI=1S/C43H27N3O/c1-3-13-28(14-4-1)43-44-35-19-9-11-21-38(35)46(43)39-26-24-31(42-41(39)33-18-8-12-22-40(33)47-42)29-23-25-37-34(27-29)32-17-7-10-20-36(32)45(37)30-15-5-2-6-16-30/h1-27H. The van der Waals surface area contributed by atoms with Gasteiger partial charge >= 0.3 is 0 Å². The number of furan rings is 1. The predicted molar refractivity (Wildman–Crippen MR) is 194 cm³/mol. The van der Waals surface area contributed by atoms with E-state index in [2.05, 4.69) is 155 Å². The monoisotopic (exact) mass is 601 g/mol. The van der Waals surface area contributed by atoms with Gasteiger partial charge in [-0.15, -0.1) is 0 Å². The van der Waals surface area contributed by atoms with Crippen LogP contribution < -0.4 is 0 Å². The average molecular weight is 602 g/mol. The van der Waals surface area contributed by atoms with Crippen molar-refractivity contribution in [1.82, 2.24) is 14.1 Å². The third-order valence-corrected chi connectivity index (χ3v) is 9.34. The van der Waals surface area contributed by atoms with E-state index in [-0.39, 0.29) is 0 Å². The quantitative estimate of drug-likeness (QED) is 0.201. The van der Waals surface area contributed by atoms with E-state index in [0.717, 1.165) is 66.9 Å². The Morgan fingerprint density at radius 1 is 0.468 bits per heavy atom. The van der Waals surface area contributed by atoms with Gasteiger partial charge in [-0.1, -0.05) is 103 Å². The molecule has 0 unspecified atom stereocenters. The number of imidazole rings is 1. The van der Waals surface area contributed by atoms with E-state index in [9.17, 15) is 0 Å². The second-order valence-corrected chi connectivity index (χ2v) is 12.0. The Hall–Kier alpha value is -6.39. The lowest BCUT2D eigenvalue weighted by Gasteiger charge is -2.13. The van der Waals surface area contributed by atoms with Crippen molar-refractivity contribution >= 4 is 54.8 Å². The maximum atomic E-state index is 6.77. The molecule has 10 aromatic rings. The van der Waals surface area contributed by atoms with Gasteiger partial charge in [0.25, 0.3) is 0 Å². The van der Waals surface area contributed by atoms with Gasteiger partial charge in [0.2, 0.25) is 0 Å². The lowest BCUT2D eigenvalue weighted by atomic mass is 9.99. The SMILES string of the molecule is c1ccc(-c2nc3ccccc3n2-c2ccc(-c3ccc4c(c3)c3ccccc3n4-c3ccccc3)c3oc4ccccc4c23)cc1. The van der Waals surface area contributed by atoms with Crippen LogP contribution in [0.25, 0.3) is 88.7 Å². The van der Waals surface area contributed by atoms with Gasteiger partial charge in [-0.25, -0.2) is 4.98 Å². The summed E-state index contributed by atoms with van der Waals surface area (Å²) < 4.78 is 11.4. The van der Waals surface area contributed by atoms with Crippen LogP contribution in [0, 0.1) is 0 Å². The molecule has 220 valence electrons. The van der Waals surface area contributed by atoms with E-state index < -0.39 is 0 Å². The summed E-state index contributed by atoms with van der Waals surface area (Å²) in [5.41, 5.74) is 11.5. The molecule has 0 aliphatic carbocycles. The maximum absolute atomic E-state index is 6.77. The molecule has 3 aromatic heterocycles. The minimum Gasteiger partial charge on any atom is -0.455 e. The summed E-state index contributed by atoms with van der Waals surface area (Å²) in [5.74, 6) is 0.904. The van der Waals surface area contributed by atoms with Crippen LogP contribution in [0.15, 0.2) is 168 Å². The molecule has 10 rings (SSSR count). The van der Waals surface area contributed by atoms with E-state index in [1.54, 1.807) is 0 Å². The van der Waals surface area contributed by atoms with Crippen molar-refractivity contribution in [2.45, 2.75) is 0 Å². The van der Waals surface area contributed by atoms with Crippen molar-refractivity contribution in [3.63, 3.8) is 0 Å². The lowest BCUT2D eigenvalue weighted by Crippen LogP contribution is -1.99. The molecule has 0 amide bonds. The first-order chi connectivity index (χ1) is 23.3. The number of hydrogen-bond acceptors (Lipinski definition) is 2. The van der Waals surface area contributed by atoms with Crippen LogP contribution in [0.1, 0.15) is 0 Å². The molecule has 0 fully saturated rings. The van der Waals surface area contributed by atoms with Gasteiger partial charge in [0.15, 0.2) is 0 Å². The van der Waals surface area contributed by atoms with Crippen molar-refractivity contribution in [1.29, 1.82) is 0 Å². The molecule has 0 aliphatic rings. The molecule has 4 heteroatoms. The van der Waals surface area contributed by atoms with Crippen LogP contribution in [-0.4, -0.2) is 14.1 Å². The summed E-state index contributed by atoms with van der Waals surface area (Å²) in [7, 11) is 0. The molecular formula is C43H27N3O. The molecule has 0 aliphatic heterocycles. The number of hydrogen-bond donors (Lipinski definition) is 0. The summed E-state index contributed by atoms with van der Waals surface area (Å²) >= 11 is 0. The number of rotatable bonds is 4. The zero-order valence-electron chi connectivity index (χ0n) is 25.3. The van der Waals surface area contributed by atoms with Crippen LogP contribution in [-0.2, 0) is 0 Å². The van der Waals surface area contributed by atoms with Crippen molar-refractivity contribution in [3.8, 4) is 33.9 Å². The topological polar surface area (TPSA) is 35.9 Å². The summed E-state index contributed by atoms with van der Waals surface area (Å²) in [6, 6.07) is 57.6. The molecule has 0 saturated carbocycles. The molecule has 0 atom stereocenters. The van der Waals surface area contributed by atoms with Gasteiger partial charge in [-0.2, -0.15) is 0 Å². The molecule has 47 heavy (non-hydrogen) atoms. The number of aromatic nitrogens is 3. The minimum absolute atomic E-state index is 0.864. The predicted octanol–water partition coefficient (Wildman–Crippen LogP) is 11.4. The molecule has 4 nitrogen and oxygen atoms in total. The van der Waals surface area contributed by atoms with Gasteiger partial charge in [0.1, 0.15) is 17.0 Å². The first kappa shape index (κ1) is 25.9. The summed E-state index contributed by atoms with van der Waals surface area (Å²) in [5, 5.41) is 4.59. The van der Waals surface area contributed by atoms with Crippen molar-refractivity contribution < 1.29 is 4.42 Å². The molecule has 7 aromatic carbocycles. The molecule has 0 bridgehead atoms. The summed E-state index contributed by atoms with van der Waals surface area (Å²) in [4.78, 5) is 5.13. The van der Waals surface area contributed by atoms with Crippen LogP contribution in [0.5, 0.6) is 0 Å². The van der Waals surface area contributed by atoms with E-state index in [1.807, 2.05) is 18.2 Å². The molecular weight excluding hydrogens is 574 g/mol. The normalized spacial score (nSPS) is 11.8. The number of nitrogens with zero attached hydrogens (tertiary/aromatic N) is 3. The van der Waals surface area contributed by atoms with Gasteiger partial charge in [-0.3, -0.25) is 4.57 Å². The number of fused-ring (bicyclic) bond motifs is 7. The average Bonchev–Trinajstić information content (AvgIpc) is 3.82. The molecule has 0 N–H and O–H groups in total. The Morgan fingerprint density at radius 3 is 2.00 bits per heavy atom. The Kier molecular flexibility index (Phi) is 5.54. The minimum atomic E-state index is 0.864.